The fourth-order valence-electron chi connectivity index (χ4n) is 0.986. The maximum atomic E-state index is 11.4. The average molecular weight is 220 g/mol. The Hall–Kier alpha value is -2.10. The van der Waals surface area contributed by atoms with Gasteiger partial charge in [-0.15, -0.1) is 0 Å². The minimum absolute atomic E-state index is 0.0655. The first-order valence-corrected chi connectivity index (χ1v) is 4.65. The Bertz CT molecular complexity index is 395. The largest absolute Gasteiger partial charge is 0.469 e. The van der Waals surface area contributed by atoms with E-state index in [4.69, 9.17) is 4.74 Å². The van der Waals surface area contributed by atoms with Crippen LogP contribution in [0.1, 0.15) is 6.42 Å². The molecule has 0 aromatic heterocycles. The molecule has 0 heterocycles. The molecule has 0 bridgehead atoms. The van der Waals surface area contributed by atoms with Gasteiger partial charge in [-0.25, -0.2) is 4.79 Å². The van der Waals surface area contributed by atoms with E-state index in [0.717, 1.165) is 0 Å². The zero-order valence-corrected chi connectivity index (χ0v) is 8.93. The molecule has 0 aliphatic heterocycles. The summed E-state index contributed by atoms with van der Waals surface area (Å²) in [6.45, 7) is 3.46. The number of carbonyl (C=O) groups is 2. The van der Waals surface area contributed by atoms with Crippen molar-refractivity contribution in [2.45, 2.75) is 6.42 Å². The highest BCUT2D eigenvalue weighted by Crippen LogP contribution is 2.11. The third-order valence-electron chi connectivity index (χ3n) is 1.83. The molecule has 0 unspecified atom stereocenters. The molecule has 0 aliphatic rings. The molecule has 1 aromatic carbocycles. The molecule has 4 nitrogen and oxygen atoms in total. The summed E-state index contributed by atoms with van der Waals surface area (Å²) < 4.78 is 9.39. The van der Waals surface area contributed by atoms with Crippen LogP contribution in [-0.4, -0.2) is 19.0 Å². The lowest BCUT2D eigenvalue weighted by atomic mass is 10.2. The topological polar surface area (TPSA) is 52.6 Å². The number of hydrogen-bond donors (Lipinski definition) is 0. The lowest BCUT2D eigenvalue weighted by molar-refractivity contribution is -0.141. The maximum absolute atomic E-state index is 11.4. The van der Waals surface area contributed by atoms with Crippen LogP contribution in [0.2, 0.25) is 0 Å². The molecule has 4 heteroatoms. The van der Waals surface area contributed by atoms with E-state index in [-0.39, 0.29) is 12.0 Å². The Balaban J connectivity index is 2.53. The number of benzene rings is 1. The second-order valence-electron chi connectivity index (χ2n) is 3.06. The van der Waals surface area contributed by atoms with Crippen LogP contribution in [0.3, 0.4) is 0 Å². The molecule has 0 atom stereocenters. The molecule has 0 fully saturated rings. The normalized spacial score (nSPS) is 9.31. The molecule has 1 rings (SSSR count). The summed E-state index contributed by atoms with van der Waals surface area (Å²) in [5, 5.41) is 0. The van der Waals surface area contributed by atoms with Crippen LogP contribution in [0.25, 0.3) is 0 Å². The van der Waals surface area contributed by atoms with Crippen LogP contribution < -0.4 is 4.74 Å². The van der Waals surface area contributed by atoms with Crippen LogP contribution in [-0.2, 0) is 14.3 Å². The van der Waals surface area contributed by atoms with Crippen LogP contribution in [0.4, 0.5) is 0 Å². The zero-order valence-electron chi connectivity index (χ0n) is 8.93. The number of hydrogen-bond acceptors (Lipinski definition) is 4. The highest BCUT2D eigenvalue weighted by atomic mass is 16.5. The summed E-state index contributed by atoms with van der Waals surface area (Å²) in [5.41, 5.74) is 0.0655. The zero-order chi connectivity index (χ0) is 12.0. The molecule has 0 amide bonds. The number of para-hydroxylation sites is 1. The van der Waals surface area contributed by atoms with Gasteiger partial charge in [-0.05, 0) is 12.1 Å². The van der Waals surface area contributed by atoms with E-state index >= 15 is 0 Å². The molecule has 0 radical (unpaired) electrons. The SMILES string of the molecule is C=C(CC(=O)OC)C(=O)Oc1ccccc1. The van der Waals surface area contributed by atoms with E-state index in [9.17, 15) is 9.59 Å². The highest BCUT2D eigenvalue weighted by molar-refractivity contribution is 5.94. The first-order valence-electron chi connectivity index (χ1n) is 4.65. The van der Waals surface area contributed by atoms with Gasteiger partial charge in [0.05, 0.1) is 13.5 Å². The molecule has 84 valence electrons. The summed E-state index contributed by atoms with van der Waals surface area (Å²) in [7, 11) is 1.25. The molecular weight excluding hydrogens is 208 g/mol. The first-order chi connectivity index (χ1) is 7.63. The predicted molar refractivity (Wildman–Crippen MR) is 57.9 cm³/mol. The summed E-state index contributed by atoms with van der Waals surface area (Å²) in [6, 6.07) is 8.57. The van der Waals surface area contributed by atoms with Crippen LogP contribution in [0.5, 0.6) is 5.75 Å². The standard InChI is InChI=1S/C12H12O4/c1-9(8-11(13)15-2)12(14)16-10-6-4-3-5-7-10/h3-7H,1,8H2,2H3. The summed E-state index contributed by atoms with van der Waals surface area (Å²) in [6.07, 6.45) is -0.165. The van der Waals surface area contributed by atoms with E-state index < -0.39 is 11.9 Å². The molecule has 0 saturated heterocycles. The summed E-state index contributed by atoms with van der Waals surface area (Å²) in [5.74, 6) is -0.731. The first kappa shape index (κ1) is 12.0. The second kappa shape index (κ2) is 5.70. The lowest BCUT2D eigenvalue weighted by Gasteiger charge is -2.05. The number of carbonyl (C=O) groups excluding carboxylic acids is 2. The van der Waals surface area contributed by atoms with E-state index in [1.807, 2.05) is 0 Å². The van der Waals surface area contributed by atoms with Crippen molar-refractivity contribution in [2.75, 3.05) is 7.11 Å². The summed E-state index contributed by atoms with van der Waals surface area (Å²) in [4.78, 5) is 22.3. The minimum atomic E-state index is -0.628. The number of ether oxygens (including phenoxy) is 2. The van der Waals surface area contributed by atoms with Crippen molar-refractivity contribution in [3.63, 3.8) is 0 Å². The van der Waals surface area contributed by atoms with Gasteiger partial charge in [-0.1, -0.05) is 24.8 Å². The Kier molecular flexibility index (Phi) is 4.27. The molecule has 0 aliphatic carbocycles. The van der Waals surface area contributed by atoms with Gasteiger partial charge in [-0.3, -0.25) is 4.79 Å². The fourth-order valence-corrected chi connectivity index (χ4v) is 0.986. The molecule has 0 spiro atoms. The van der Waals surface area contributed by atoms with Gasteiger partial charge in [0.25, 0.3) is 0 Å². The van der Waals surface area contributed by atoms with Crippen molar-refractivity contribution >= 4 is 11.9 Å². The maximum Gasteiger partial charge on any atom is 0.339 e. The molecule has 0 saturated carbocycles. The van der Waals surface area contributed by atoms with Gasteiger partial charge in [0.1, 0.15) is 5.75 Å². The van der Waals surface area contributed by atoms with Gasteiger partial charge in [0, 0.05) is 5.57 Å². The van der Waals surface area contributed by atoms with Gasteiger partial charge in [0.15, 0.2) is 0 Å². The summed E-state index contributed by atoms with van der Waals surface area (Å²) >= 11 is 0. The fraction of sp³-hybridized carbons (Fsp3) is 0.167. The van der Waals surface area contributed by atoms with Crippen LogP contribution in [0.15, 0.2) is 42.5 Å². The Morgan fingerprint density at radius 3 is 2.44 bits per heavy atom. The third kappa shape index (κ3) is 3.57. The number of esters is 2. The third-order valence-corrected chi connectivity index (χ3v) is 1.83. The average Bonchev–Trinajstić information content (AvgIpc) is 2.30. The Morgan fingerprint density at radius 2 is 1.88 bits per heavy atom. The minimum Gasteiger partial charge on any atom is -0.469 e. The smallest absolute Gasteiger partial charge is 0.339 e. The monoisotopic (exact) mass is 220 g/mol. The van der Waals surface area contributed by atoms with E-state index in [2.05, 4.69) is 11.3 Å². The molecule has 16 heavy (non-hydrogen) atoms. The van der Waals surface area contributed by atoms with Gasteiger partial charge in [0.2, 0.25) is 0 Å². The van der Waals surface area contributed by atoms with Crippen molar-refractivity contribution in [1.82, 2.24) is 0 Å². The van der Waals surface area contributed by atoms with Crippen LogP contribution in [0, 0.1) is 0 Å². The van der Waals surface area contributed by atoms with Gasteiger partial charge < -0.3 is 9.47 Å². The number of methoxy groups -OCH3 is 1. The van der Waals surface area contributed by atoms with Gasteiger partial charge >= 0.3 is 11.9 Å². The van der Waals surface area contributed by atoms with E-state index in [0.29, 0.717) is 5.75 Å². The molecular formula is C12H12O4. The Labute approximate surface area is 93.5 Å². The van der Waals surface area contributed by atoms with Crippen molar-refractivity contribution < 1.29 is 19.1 Å². The highest BCUT2D eigenvalue weighted by Gasteiger charge is 2.13. The van der Waals surface area contributed by atoms with Gasteiger partial charge in [-0.2, -0.15) is 0 Å². The Morgan fingerprint density at radius 1 is 1.25 bits per heavy atom. The second-order valence-corrected chi connectivity index (χ2v) is 3.06. The lowest BCUT2D eigenvalue weighted by Crippen LogP contribution is -2.14. The van der Waals surface area contributed by atoms with E-state index in [1.54, 1.807) is 30.3 Å². The predicted octanol–water partition coefficient (Wildman–Crippen LogP) is 1.71. The molecule has 0 N–H and O–H groups in total. The van der Waals surface area contributed by atoms with Crippen LogP contribution >= 0.6 is 0 Å². The number of rotatable bonds is 4. The van der Waals surface area contributed by atoms with E-state index in [1.165, 1.54) is 7.11 Å². The quantitative estimate of drug-likeness (QED) is 0.440. The van der Waals surface area contributed by atoms with Crippen molar-refractivity contribution in [3.05, 3.63) is 42.5 Å². The van der Waals surface area contributed by atoms with Crippen molar-refractivity contribution in [3.8, 4) is 5.75 Å². The van der Waals surface area contributed by atoms with Crippen molar-refractivity contribution in [2.24, 2.45) is 0 Å². The van der Waals surface area contributed by atoms with Crippen molar-refractivity contribution in [1.29, 1.82) is 0 Å². The molecule has 1 aromatic rings.